The molecule has 1 fully saturated rings. The maximum Gasteiger partial charge on any atom is 0.338 e. The molecule has 1 aliphatic rings. The Morgan fingerprint density at radius 1 is 1.27 bits per heavy atom. The van der Waals surface area contributed by atoms with Crippen molar-refractivity contribution in [3.05, 3.63) is 39.9 Å². The highest BCUT2D eigenvalue weighted by Crippen LogP contribution is 2.35. The highest BCUT2D eigenvalue weighted by Gasteiger charge is 2.33. The van der Waals surface area contributed by atoms with Crippen molar-refractivity contribution in [3.63, 3.8) is 0 Å². The van der Waals surface area contributed by atoms with Gasteiger partial charge in [0.2, 0.25) is 0 Å². The van der Waals surface area contributed by atoms with Crippen LogP contribution in [0.1, 0.15) is 50.4 Å². The lowest BCUT2D eigenvalue weighted by Gasteiger charge is -2.36. The van der Waals surface area contributed by atoms with Crippen LogP contribution in [0.3, 0.4) is 0 Å². The van der Waals surface area contributed by atoms with E-state index < -0.39 is 4.92 Å². The number of esters is 1. The summed E-state index contributed by atoms with van der Waals surface area (Å²) in [4.78, 5) is 22.4. The van der Waals surface area contributed by atoms with Gasteiger partial charge in [-0.2, -0.15) is 0 Å². The lowest BCUT2D eigenvalue weighted by Crippen LogP contribution is -2.35. The Kier molecular flexibility index (Phi) is 5.16. The van der Waals surface area contributed by atoms with Crippen molar-refractivity contribution >= 4 is 11.7 Å². The molecule has 0 amide bonds. The van der Waals surface area contributed by atoms with Crippen molar-refractivity contribution in [2.45, 2.75) is 46.1 Å². The fourth-order valence-electron chi connectivity index (χ4n) is 3.17. The van der Waals surface area contributed by atoms with E-state index in [9.17, 15) is 14.9 Å². The average Bonchev–Trinajstić information content (AvgIpc) is 2.47. The fraction of sp³-hybridized carbons (Fsp3) is 0.588. The van der Waals surface area contributed by atoms with Gasteiger partial charge in [0.25, 0.3) is 5.69 Å². The highest BCUT2D eigenvalue weighted by atomic mass is 16.6. The van der Waals surface area contributed by atoms with Crippen LogP contribution in [0.4, 0.5) is 5.69 Å². The first-order valence-electron chi connectivity index (χ1n) is 7.84. The quantitative estimate of drug-likeness (QED) is 0.474. The second-order valence-electron chi connectivity index (χ2n) is 6.57. The second-order valence-corrected chi connectivity index (χ2v) is 6.57. The van der Waals surface area contributed by atoms with Crippen LogP contribution >= 0.6 is 0 Å². The third kappa shape index (κ3) is 3.84. The van der Waals surface area contributed by atoms with E-state index in [-0.39, 0.29) is 17.8 Å². The standard InChI is InChI=1S/C17H23NO4/c1-11(2)15-9-4-12(3)10-16(15)22-17(19)13-5-7-14(8-6-13)18(20)21/h5-8,11-12,15-16H,4,9-10H2,1-3H3/t12-,15-,16-/m0/s1. The normalized spacial score (nSPS) is 25.0. The SMILES string of the molecule is CC(C)[C@@H]1CC[C@H](C)C[C@@H]1OC(=O)c1ccc([N+](=O)[O-])cc1. The molecule has 3 atom stereocenters. The predicted molar refractivity (Wildman–Crippen MR) is 83.6 cm³/mol. The van der Waals surface area contributed by atoms with Crippen molar-refractivity contribution in [1.29, 1.82) is 0 Å². The summed E-state index contributed by atoms with van der Waals surface area (Å²) in [5.41, 5.74) is 0.342. The van der Waals surface area contributed by atoms with Crippen LogP contribution in [0.25, 0.3) is 0 Å². The Balaban J connectivity index is 2.07. The third-order valence-electron chi connectivity index (χ3n) is 4.53. The van der Waals surface area contributed by atoms with Crippen LogP contribution < -0.4 is 0 Å². The summed E-state index contributed by atoms with van der Waals surface area (Å²) in [6, 6.07) is 5.58. The lowest BCUT2D eigenvalue weighted by atomic mass is 9.75. The number of carbonyl (C=O) groups is 1. The largest absolute Gasteiger partial charge is 0.458 e. The van der Waals surface area contributed by atoms with E-state index in [1.165, 1.54) is 30.7 Å². The van der Waals surface area contributed by atoms with Gasteiger partial charge in [-0.15, -0.1) is 0 Å². The van der Waals surface area contributed by atoms with E-state index in [1.807, 2.05) is 0 Å². The number of non-ortho nitro benzene ring substituents is 1. The van der Waals surface area contributed by atoms with Gasteiger partial charge in [-0.3, -0.25) is 10.1 Å². The molecular weight excluding hydrogens is 282 g/mol. The molecule has 0 radical (unpaired) electrons. The van der Waals surface area contributed by atoms with Gasteiger partial charge >= 0.3 is 5.97 Å². The van der Waals surface area contributed by atoms with Gasteiger partial charge in [0.15, 0.2) is 0 Å². The summed E-state index contributed by atoms with van der Waals surface area (Å²) in [6.45, 7) is 6.50. The maximum absolute atomic E-state index is 12.3. The van der Waals surface area contributed by atoms with Crippen molar-refractivity contribution in [1.82, 2.24) is 0 Å². The summed E-state index contributed by atoms with van der Waals surface area (Å²) in [7, 11) is 0. The van der Waals surface area contributed by atoms with Crippen LogP contribution in [-0.2, 0) is 4.74 Å². The first-order valence-corrected chi connectivity index (χ1v) is 7.84. The zero-order valence-electron chi connectivity index (χ0n) is 13.3. The number of nitro groups is 1. The smallest absolute Gasteiger partial charge is 0.338 e. The minimum absolute atomic E-state index is 0.0251. The number of hydrogen-bond acceptors (Lipinski definition) is 4. The molecule has 0 heterocycles. The number of nitro benzene ring substituents is 1. The van der Waals surface area contributed by atoms with Crippen LogP contribution in [-0.4, -0.2) is 17.0 Å². The zero-order valence-corrected chi connectivity index (χ0v) is 13.3. The zero-order chi connectivity index (χ0) is 16.3. The van der Waals surface area contributed by atoms with Crippen molar-refractivity contribution in [2.24, 2.45) is 17.8 Å². The van der Waals surface area contributed by atoms with Crippen LogP contribution in [0.2, 0.25) is 0 Å². The molecule has 0 spiro atoms. The number of benzene rings is 1. The van der Waals surface area contributed by atoms with E-state index in [4.69, 9.17) is 4.74 Å². The molecule has 1 saturated carbocycles. The van der Waals surface area contributed by atoms with Crippen molar-refractivity contribution < 1.29 is 14.5 Å². The minimum atomic E-state index is -0.479. The number of hydrogen-bond donors (Lipinski definition) is 0. The van der Waals surface area contributed by atoms with E-state index in [0.29, 0.717) is 23.3 Å². The molecule has 1 aromatic carbocycles. The summed E-state index contributed by atoms with van der Waals surface area (Å²) in [5.74, 6) is 1.03. The molecule has 1 aliphatic carbocycles. The average molecular weight is 305 g/mol. The van der Waals surface area contributed by atoms with Crippen LogP contribution in [0.5, 0.6) is 0 Å². The van der Waals surface area contributed by atoms with Gasteiger partial charge in [-0.05, 0) is 42.7 Å². The molecule has 0 saturated heterocycles. The van der Waals surface area contributed by atoms with E-state index >= 15 is 0 Å². The van der Waals surface area contributed by atoms with Gasteiger partial charge < -0.3 is 4.74 Å². The molecule has 0 aromatic heterocycles. The molecule has 0 unspecified atom stereocenters. The Morgan fingerprint density at radius 3 is 2.45 bits per heavy atom. The number of rotatable bonds is 4. The van der Waals surface area contributed by atoms with Gasteiger partial charge in [0, 0.05) is 12.1 Å². The number of nitrogens with zero attached hydrogens (tertiary/aromatic N) is 1. The van der Waals surface area contributed by atoms with E-state index in [0.717, 1.165) is 12.8 Å². The van der Waals surface area contributed by atoms with E-state index in [1.54, 1.807) is 0 Å². The number of ether oxygens (including phenoxy) is 1. The summed E-state index contributed by atoms with van der Waals surface area (Å²) in [6.07, 6.45) is 3.08. The van der Waals surface area contributed by atoms with Crippen molar-refractivity contribution in [2.75, 3.05) is 0 Å². The molecule has 0 bridgehead atoms. The lowest BCUT2D eigenvalue weighted by molar-refractivity contribution is -0.384. The summed E-state index contributed by atoms with van der Waals surface area (Å²) < 4.78 is 5.71. The van der Waals surface area contributed by atoms with Crippen LogP contribution in [0, 0.1) is 27.9 Å². The van der Waals surface area contributed by atoms with Gasteiger partial charge in [-0.1, -0.05) is 27.2 Å². The molecule has 5 nitrogen and oxygen atoms in total. The molecular formula is C17H23NO4. The highest BCUT2D eigenvalue weighted by molar-refractivity contribution is 5.89. The van der Waals surface area contributed by atoms with Crippen molar-refractivity contribution in [3.8, 4) is 0 Å². The molecule has 1 aromatic rings. The van der Waals surface area contributed by atoms with E-state index in [2.05, 4.69) is 20.8 Å². The molecule has 0 N–H and O–H groups in total. The predicted octanol–water partition coefficient (Wildman–Crippen LogP) is 4.21. The Labute approximate surface area is 130 Å². The molecule has 22 heavy (non-hydrogen) atoms. The Hall–Kier alpha value is -1.91. The maximum atomic E-state index is 12.3. The fourth-order valence-corrected chi connectivity index (χ4v) is 3.17. The molecule has 0 aliphatic heterocycles. The molecule has 120 valence electrons. The monoisotopic (exact) mass is 305 g/mol. The Bertz CT molecular complexity index is 538. The first kappa shape index (κ1) is 16.5. The second kappa shape index (κ2) is 6.90. The van der Waals surface area contributed by atoms with Gasteiger partial charge in [0.05, 0.1) is 10.5 Å². The van der Waals surface area contributed by atoms with Gasteiger partial charge in [-0.25, -0.2) is 4.79 Å². The molecule has 5 heteroatoms. The number of carbonyl (C=O) groups excluding carboxylic acids is 1. The van der Waals surface area contributed by atoms with Crippen LogP contribution in [0.15, 0.2) is 24.3 Å². The first-order chi connectivity index (χ1) is 10.4. The minimum Gasteiger partial charge on any atom is -0.458 e. The Morgan fingerprint density at radius 2 is 1.91 bits per heavy atom. The topological polar surface area (TPSA) is 69.4 Å². The van der Waals surface area contributed by atoms with Gasteiger partial charge in [0.1, 0.15) is 6.10 Å². The summed E-state index contributed by atoms with van der Waals surface area (Å²) >= 11 is 0. The molecule has 2 rings (SSSR count). The summed E-state index contributed by atoms with van der Waals surface area (Å²) in [5, 5.41) is 10.6. The third-order valence-corrected chi connectivity index (χ3v) is 4.53.